The van der Waals surface area contributed by atoms with Gasteiger partial charge in [0.05, 0.1) is 0 Å². The average Bonchev–Trinajstić information content (AvgIpc) is 2.47. The van der Waals surface area contributed by atoms with E-state index in [4.69, 9.17) is 4.42 Å². The fraction of sp³-hybridized carbons (Fsp3) is 0.556. The fourth-order valence-electron chi connectivity index (χ4n) is 0.935. The summed E-state index contributed by atoms with van der Waals surface area (Å²) in [6, 6.07) is 0. The molecule has 0 aliphatic heterocycles. The van der Waals surface area contributed by atoms with E-state index in [-0.39, 0.29) is 5.91 Å². The lowest BCUT2D eigenvalue weighted by atomic mass is 10.4. The zero-order chi connectivity index (χ0) is 9.84. The molecular weight excluding hydrogens is 168 g/mol. The molecule has 0 atom stereocenters. The van der Waals surface area contributed by atoms with Crippen LogP contribution in [0.15, 0.2) is 4.42 Å². The summed E-state index contributed by atoms with van der Waals surface area (Å²) < 4.78 is 5.29. The topological polar surface area (TPSA) is 55.1 Å². The van der Waals surface area contributed by atoms with Crippen LogP contribution in [0.25, 0.3) is 0 Å². The van der Waals surface area contributed by atoms with Gasteiger partial charge in [0.1, 0.15) is 5.69 Å². The molecule has 0 saturated heterocycles. The van der Waals surface area contributed by atoms with Gasteiger partial charge in [0.2, 0.25) is 11.8 Å². The van der Waals surface area contributed by atoms with Gasteiger partial charge >= 0.3 is 0 Å². The quantitative estimate of drug-likeness (QED) is 0.776. The first kappa shape index (κ1) is 9.77. The maximum atomic E-state index is 11.0. The van der Waals surface area contributed by atoms with Crippen molar-refractivity contribution in [3.05, 3.63) is 11.6 Å². The second kappa shape index (κ2) is 4.07. The molecule has 1 aromatic heterocycles. The van der Waals surface area contributed by atoms with Crippen molar-refractivity contribution in [3.63, 3.8) is 0 Å². The molecule has 4 nitrogen and oxygen atoms in total. The Morgan fingerprint density at radius 2 is 2.23 bits per heavy atom. The Bertz CT molecular complexity index is 305. The minimum Gasteiger partial charge on any atom is -0.425 e. The highest BCUT2D eigenvalue weighted by Gasteiger charge is 2.09. The molecule has 0 saturated carbocycles. The minimum atomic E-state index is -0.0538. The molecule has 0 bridgehead atoms. The molecule has 1 aromatic rings. The van der Waals surface area contributed by atoms with Crippen molar-refractivity contribution in [2.75, 3.05) is 5.32 Å². The molecule has 1 heterocycles. The smallest absolute Gasteiger partial charge is 0.226 e. The Balaban J connectivity index is 2.76. The molecule has 1 rings (SSSR count). The second-order valence-electron chi connectivity index (χ2n) is 2.78. The van der Waals surface area contributed by atoms with E-state index in [1.54, 1.807) is 6.92 Å². The lowest BCUT2D eigenvalue weighted by molar-refractivity contribution is -0.116. The number of rotatable bonds is 3. The van der Waals surface area contributed by atoms with Crippen LogP contribution in [0.4, 0.5) is 5.88 Å². The monoisotopic (exact) mass is 182 g/mol. The Morgan fingerprint density at radius 1 is 1.54 bits per heavy atom. The maximum absolute atomic E-state index is 11.0. The normalized spacial score (nSPS) is 10.1. The number of carbonyl (C=O) groups excluding carboxylic acids is 1. The Morgan fingerprint density at radius 3 is 2.69 bits per heavy atom. The number of hydrogen-bond donors (Lipinski definition) is 1. The predicted molar refractivity (Wildman–Crippen MR) is 49.5 cm³/mol. The number of carbonyl (C=O) groups is 1. The number of nitrogens with one attached hydrogen (secondary N) is 1. The molecule has 0 spiro atoms. The van der Waals surface area contributed by atoms with Gasteiger partial charge in [0.15, 0.2) is 5.89 Å². The van der Waals surface area contributed by atoms with Gasteiger partial charge in [-0.1, -0.05) is 13.8 Å². The van der Waals surface area contributed by atoms with Gasteiger partial charge in [0.25, 0.3) is 0 Å². The van der Waals surface area contributed by atoms with Crippen molar-refractivity contribution in [3.8, 4) is 0 Å². The highest BCUT2D eigenvalue weighted by atomic mass is 16.4. The van der Waals surface area contributed by atoms with Gasteiger partial charge in [-0.25, -0.2) is 4.98 Å². The van der Waals surface area contributed by atoms with Crippen LogP contribution in [-0.2, 0) is 11.2 Å². The number of hydrogen-bond acceptors (Lipinski definition) is 3. The Kier molecular flexibility index (Phi) is 3.06. The van der Waals surface area contributed by atoms with Crippen LogP contribution in [0.2, 0.25) is 0 Å². The summed E-state index contributed by atoms with van der Waals surface area (Å²) in [6.07, 6.45) is 1.18. The van der Waals surface area contributed by atoms with Crippen molar-refractivity contribution >= 4 is 11.8 Å². The summed E-state index contributed by atoms with van der Waals surface area (Å²) in [6.45, 7) is 5.56. The number of amides is 1. The number of aryl methyl sites for hydroxylation is 2. The van der Waals surface area contributed by atoms with Crippen LogP contribution in [0.5, 0.6) is 0 Å². The third-order valence-electron chi connectivity index (χ3n) is 1.72. The summed E-state index contributed by atoms with van der Waals surface area (Å²) in [4.78, 5) is 15.2. The van der Waals surface area contributed by atoms with Crippen LogP contribution in [-0.4, -0.2) is 10.9 Å². The SMILES string of the molecule is CCC(=O)Nc1oc(CC)nc1C. The van der Waals surface area contributed by atoms with Crippen molar-refractivity contribution in [1.29, 1.82) is 0 Å². The van der Waals surface area contributed by atoms with E-state index in [2.05, 4.69) is 10.3 Å². The number of anilines is 1. The molecule has 0 unspecified atom stereocenters. The standard InChI is InChI=1S/C9H14N2O2/c1-4-7(12)11-9-6(3)10-8(5-2)13-9/h4-5H2,1-3H3,(H,11,12). The van der Waals surface area contributed by atoms with Crippen LogP contribution in [0, 0.1) is 6.92 Å². The van der Waals surface area contributed by atoms with E-state index in [0.717, 1.165) is 12.1 Å². The first-order valence-electron chi connectivity index (χ1n) is 4.43. The van der Waals surface area contributed by atoms with Crippen molar-refractivity contribution < 1.29 is 9.21 Å². The zero-order valence-electron chi connectivity index (χ0n) is 8.18. The molecule has 72 valence electrons. The van der Waals surface area contributed by atoms with E-state index in [1.165, 1.54) is 0 Å². The summed E-state index contributed by atoms with van der Waals surface area (Å²) in [5.41, 5.74) is 0.735. The summed E-state index contributed by atoms with van der Waals surface area (Å²) in [5, 5.41) is 2.65. The molecular formula is C9H14N2O2. The molecule has 0 aliphatic rings. The summed E-state index contributed by atoms with van der Waals surface area (Å²) in [7, 11) is 0. The van der Waals surface area contributed by atoms with Gasteiger partial charge in [-0.2, -0.15) is 0 Å². The maximum Gasteiger partial charge on any atom is 0.226 e. The molecule has 1 amide bonds. The molecule has 0 radical (unpaired) electrons. The number of aromatic nitrogens is 1. The fourth-order valence-corrected chi connectivity index (χ4v) is 0.935. The van der Waals surface area contributed by atoms with Crippen molar-refractivity contribution in [2.45, 2.75) is 33.6 Å². The zero-order valence-corrected chi connectivity index (χ0v) is 8.18. The van der Waals surface area contributed by atoms with Crippen LogP contribution in [0.1, 0.15) is 31.9 Å². The van der Waals surface area contributed by atoms with E-state index in [1.807, 2.05) is 13.8 Å². The first-order chi connectivity index (χ1) is 6.17. The van der Waals surface area contributed by atoms with Gasteiger partial charge < -0.3 is 4.42 Å². The van der Waals surface area contributed by atoms with E-state index in [9.17, 15) is 4.79 Å². The average molecular weight is 182 g/mol. The number of oxazole rings is 1. The van der Waals surface area contributed by atoms with Crippen molar-refractivity contribution in [2.24, 2.45) is 0 Å². The number of nitrogens with zero attached hydrogens (tertiary/aromatic N) is 1. The highest BCUT2D eigenvalue weighted by molar-refractivity contribution is 5.89. The molecule has 13 heavy (non-hydrogen) atoms. The lowest BCUT2D eigenvalue weighted by Gasteiger charge is -1.97. The lowest BCUT2D eigenvalue weighted by Crippen LogP contribution is -2.09. The van der Waals surface area contributed by atoms with E-state index < -0.39 is 0 Å². The van der Waals surface area contributed by atoms with Crippen LogP contribution in [0.3, 0.4) is 0 Å². The van der Waals surface area contributed by atoms with Crippen LogP contribution >= 0.6 is 0 Å². The molecule has 0 fully saturated rings. The predicted octanol–water partition coefficient (Wildman–Crippen LogP) is 1.89. The van der Waals surface area contributed by atoms with Gasteiger partial charge in [0, 0.05) is 12.8 Å². The van der Waals surface area contributed by atoms with Gasteiger partial charge in [-0.05, 0) is 6.92 Å². The third kappa shape index (κ3) is 2.31. The largest absolute Gasteiger partial charge is 0.425 e. The van der Waals surface area contributed by atoms with E-state index >= 15 is 0 Å². The molecule has 0 aromatic carbocycles. The van der Waals surface area contributed by atoms with Gasteiger partial charge in [-0.3, -0.25) is 10.1 Å². The minimum absolute atomic E-state index is 0.0538. The van der Waals surface area contributed by atoms with E-state index in [0.29, 0.717) is 18.2 Å². The summed E-state index contributed by atoms with van der Waals surface area (Å²) in [5.74, 6) is 1.08. The van der Waals surface area contributed by atoms with Crippen molar-refractivity contribution in [1.82, 2.24) is 4.98 Å². The second-order valence-corrected chi connectivity index (χ2v) is 2.78. The first-order valence-corrected chi connectivity index (χ1v) is 4.43. The molecule has 1 N–H and O–H groups in total. The Labute approximate surface area is 77.3 Å². The highest BCUT2D eigenvalue weighted by Crippen LogP contribution is 2.16. The summed E-state index contributed by atoms with van der Waals surface area (Å²) >= 11 is 0. The van der Waals surface area contributed by atoms with Crippen LogP contribution < -0.4 is 5.32 Å². The molecule has 0 aliphatic carbocycles. The molecule has 4 heteroatoms. The third-order valence-corrected chi connectivity index (χ3v) is 1.72. The van der Waals surface area contributed by atoms with Gasteiger partial charge in [-0.15, -0.1) is 0 Å². The Hall–Kier alpha value is -1.32.